The Bertz CT molecular complexity index is 3650. The van der Waals surface area contributed by atoms with Crippen LogP contribution < -0.4 is 87.2 Å². The molecule has 12 amide bonds. The van der Waals surface area contributed by atoms with Crippen molar-refractivity contribution in [1.82, 2.24) is 63.4 Å². The molecule has 0 unspecified atom stereocenters. The minimum atomic E-state index is -1.91. The molecule has 16 atom stereocenters. The van der Waals surface area contributed by atoms with Gasteiger partial charge in [-0.3, -0.25) is 77.1 Å². The molecule has 654 valence electrons. The summed E-state index contributed by atoms with van der Waals surface area (Å²) in [6.07, 6.45) is 0.253. The Kier molecular flexibility index (Phi) is 46.8. The van der Waals surface area contributed by atoms with Gasteiger partial charge in [0, 0.05) is 39.4 Å². The van der Waals surface area contributed by atoms with Gasteiger partial charge in [-0.25, -0.2) is 4.79 Å². The van der Waals surface area contributed by atoms with E-state index in [-0.39, 0.29) is 120 Å². The molecule has 2 rings (SSSR count). The van der Waals surface area contributed by atoms with Crippen molar-refractivity contribution in [2.24, 2.45) is 68.2 Å². The first-order valence-electron chi connectivity index (χ1n) is 39.4. The highest BCUT2D eigenvalue weighted by atomic mass is 32.2. The van der Waals surface area contributed by atoms with Crippen LogP contribution in [-0.2, 0) is 84.8 Å². The van der Waals surface area contributed by atoms with E-state index in [2.05, 4.69) is 68.5 Å². The number of hydrogen-bond donors (Lipinski definition) is 20. The van der Waals surface area contributed by atoms with Crippen LogP contribution in [0.2, 0.25) is 0 Å². The largest absolute Gasteiger partial charge is 0.481 e. The molecule has 2 aromatic rings. The molecule has 0 saturated carbocycles. The second kappa shape index (κ2) is 53.5. The number of aliphatic imine (C=N–C) groups is 2. The molecule has 0 fully saturated rings. The number of hydrogen-bond acceptors (Lipinski definition) is 20. The molecule has 25 N–H and O–H groups in total. The molecule has 38 nitrogen and oxygen atoms in total. The number of aliphatic hydroxyl groups is 1. The topological polar surface area (TPSA) is 627 Å². The second-order valence-corrected chi connectivity index (χ2v) is 31.0. The summed E-state index contributed by atoms with van der Waals surface area (Å²) in [5, 5.41) is 68.7. The standard InChI is InChI=1S/C78H127N19O19S/c1-13-44(8)61(95-66(105)50(28-22-33-84-77(80)81)87-65(104)52(32-35-117-12)86-64(103)49(79)30-31-59(99)100)73(112)94-58(41-98)72(111)88-51(29-23-34-85-78(82)83)67(106)96-62(45(9)14-2)75(114)97(11)63(46(10)15-3)74(113)92-54(37-43(6)7)68(107)91-56(40-60(101)102)71(110)90-55(38-47-24-18-16-19-25-47)70(109)89-53(36-42(4)5)69(108)93-57(76(115)116)39-48-26-20-17-21-27-48/h16-21,24-27,42-46,49-58,61-63,98H,13-15,22-23,28-41,79H2,1-12H3,(H,86,103)(H,87,104)(H,88,111)(H,89,109)(H,90,110)(H,91,107)(H,92,113)(H,93,108)(H,94,112)(H,95,105)(H,96,106)(H,99,100)(H,101,102)(H,115,116)(H4,80,81,84)(H4,82,83,85)/t44-,45-,46-,49-,50-,51-,52-,53-,54-,55-,56-,57-,58-,61-,62-,63-/m0/s1. The van der Waals surface area contributed by atoms with Gasteiger partial charge in [-0.2, -0.15) is 11.8 Å². The Balaban J connectivity index is 2.59. The number of aliphatic carboxylic acids is 3. The lowest BCUT2D eigenvalue weighted by Gasteiger charge is -2.37. The molecular weight excluding hydrogens is 1540 g/mol. The highest BCUT2D eigenvalue weighted by Gasteiger charge is 2.42. The SMILES string of the molecule is CC[C@H](C)[C@H](NC(=O)[C@H](CCCN=C(N)N)NC(=O)[C@H](CCSC)NC(=O)[C@@H](N)CCC(=O)O)C(=O)N[C@@H](CO)C(=O)N[C@@H](CCCN=C(N)N)C(=O)N[C@H](C(=O)N(C)[C@H](C(=O)N[C@@H](CC(C)C)C(=O)N[C@@H](CC(=O)O)C(=O)N[C@@H](Cc1ccccc1)C(=O)N[C@@H](CC(C)C)C(=O)N[C@@H](Cc1ccccc1)C(=O)O)[C@@H](C)CC)[C@@H](C)CC. The molecule has 2 aromatic carbocycles. The molecule has 0 heterocycles. The lowest BCUT2D eigenvalue weighted by Crippen LogP contribution is -2.63. The van der Waals surface area contributed by atoms with Crippen LogP contribution in [0.5, 0.6) is 0 Å². The lowest BCUT2D eigenvalue weighted by atomic mass is 9.92. The number of carboxylic acids is 3. The van der Waals surface area contributed by atoms with Gasteiger partial charge in [0.1, 0.15) is 72.5 Å². The number of carbonyl (C=O) groups excluding carboxylic acids is 12. The number of aliphatic hydroxyl groups excluding tert-OH is 1. The highest BCUT2D eigenvalue weighted by Crippen LogP contribution is 2.22. The van der Waals surface area contributed by atoms with Crippen molar-refractivity contribution in [3.63, 3.8) is 0 Å². The average molecular weight is 1670 g/mol. The number of thioether (sulfide) groups is 1. The molecular formula is C78H127N19O19S. The smallest absolute Gasteiger partial charge is 0.326 e. The van der Waals surface area contributed by atoms with Crippen molar-refractivity contribution < 1.29 is 92.3 Å². The van der Waals surface area contributed by atoms with Gasteiger partial charge >= 0.3 is 17.9 Å². The van der Waals surface area contributed by atoms with Crippen LogP contribution in [0.4, 0.5) is 0 Å². The summed E-state index contributed by atoms with van der Waals surface area (Å²) in [6, 6.07) is -2.45. The first kappa shape index (κ1) is 102. The molecule has 0 radical (unpaired) electrons. The maximum Gasteiger partial charge on any atom is 0.326 e. The fourth-order valence-corrected chi connectivity index (χ4v) is 12.7. The molecule has 0 aliphatic heterocycles. The van der Waals surface area contributed by atoms with Crippen LogP contribution in [-0.4, -0.2) is 243 Å². The third-order valence-electron chi connectivity index (χ3n) is 19.5. The van der Waals surface area contributed by atoms with E-state index in [4.69, 9.17) is 33.8 Å². The second-order valence-electron chi connectivity index (χ2n) is 30.0. The summed E-state index contributed by atoms with van der Waals surface area (Å²) in [4.78, 5) is 218. The maximum absolute atomic E-state index is 15.2. The van der Waals surface area contributed by atoms with Gasteiger partial charge in [0.05, 0.1) is 19.1 Å². The van der Waals surface area contributed by atoms with Crippen molar-refractivity contribution in [2.75, 3.05) is 38.8 Å². The summed E-state index contributed by atoms with van der Waals surface area (Å²) in [5.74, 6) is -18.2. The van der Waals surface area contributed by atoms with Crippen LogP contribution in [0.3, 0.4) is 0 Å². The molecule has 117 heavy (non-hydrogen) atoms. The Labute approximate surface area is 688 Å². The number of carbonyl (C=O) groups is 15. The van der Waals surface area contributed by atoms with E-state index in [1.807, 2.05) is 0 Å². The van der Waals surface area contributed by atoms with Gasteiger partial charge < -0.3 is 112 Å². The Morgan fingerprint density at radius 1 is 0.427 bits per heavy atom. The number of nitrogens with two attached hydrogens (primary N) is 5. The quantitative estimate of drug-likeness (QED) is 0.0203. The third kappa shape index (κ3) is 37.8. The van der Waals surface area contributed by atoms with Crippen molar-refractivity contribution in [1.29, 1.82) is 0 Å². The number of amides is 12. The van der Waals surface area contributed by atoms with E-state index in [0.717, 1.165) is 4.90 Å². The van der Waals surface area contributed by atoms with Crippen LogP contribution in [0.1, 0.15) is 164 Å². The van der Waals surface area contributed by atoms with Gasteiger partial charge in [-0.1, -0.05) is 149 Å². The predicted molar refractivity (Wildman–Crippen MR) is 440 cm³/mol. The van der Waals surface area contributed by atoms with Gasteiger partial charge in [-0.15, -0.1) is 0 Å². The summed E-state index contributed by atoms with van der Waals surface area (Å²) < 4.78 is 0. The summed E-state index contributed by atoms with van der Waals surface area (Å²) >= 11 is 1.34. The number of benzene rings is 2. The maximum atomic E-state index is 15.2. The molecule has 0 saturated heterocycles. The Morgan fingerprint density at radius 2 is 0.795 bits per heavy atom. The molecule has 0 aliphatic rings. The van der Waals surface area contributed by atoms with Gasteiger partial charge in [0.15, 0.2) is 11.9 Å². The predicted octanol–water partition coefficient (Wildman–Crippen LogP) is -1.53. The zero-order valence-electron chi connectivity index (χ0n) is 69.2. The van der Waals surface area contributed by atoms with Crippen LogP contribution in [0.25, 0.3) is 0 Å². The number of guanidine groups is 2. The van der Waals surface area contributed by atoms with E-state index in [1.54, 1.807) is 136 Å². The summed E-state index contributed by atoms with van der Waals surface area (Å²) in [7, 11) is 1.31. The van der Waals surface area contributed by atoms with Gasteiger partial charge in [-0.05, 0) is 104 Å². The third-order valence-corrected chi connectivity index (χ3v) is 20.2. The van der Waals surface area contributed by atoms with E-state index >= 15 is 4.79 Å². The van der Waals surface area contributed by atoms with Crippen molar-refractivity contribution in [2.45, 2.75) is 244 Å². The number of carboxylic acid groups (broad SMARTS) is 3. The number of likely N-dealkylation sites (N-methyl/N-ethyl adjacent to an activating group) is 1. The minimum Gasteiger partial charge on any atom is -0.481 e. The zero-order valence-corrected chi connectivity index (χ0v) is 70.0. The van der Waals surface area contributed by atoms with Crippen molar-refractivity contribution >= 4 is 112 Å². The molecule has 0 spiro atoms. The van der Waals surface area contributed by atoms with E-state index in [1.165, 1.54) is 18.8 Å². The molecule has 0 aliphatic carbocycles. The first-order valence-corrected chi connectivity index (χ1v) is 40.8. The van der Waals surface area contributed by atoms with Gasteiger partial charge in [0.25, 0.3) is 0 Å². The molecule has 39 heteroatoms. The lowest BCUT2D eigenvalue weighted by molar-refractivity contribution is -0.146. The minimum absolute atomic E-state index is 0.000928. The van der Waals surface area contributed by atoms with Crippen molar-refractivity contribution in [3.8, 4) is 0 Å². The summed E-state index contributed by atoms with van der Waals surface area (Å²) in [6.45, 7) is 15.9. The summed E-state index contributed by atoms with van der Waals surface area (Å²) in [5.41, 5.74) is 29.4. The van der Waals surface area contributed by atoms with Crippen molar-refractivity contribution in [3.05, 3.63) is 71.8 Å². The van der Waals surface area contributed by atoms with E-state index in [0.29, 0.717) is 16.9 Å². The van der Waals surface area contributed by atoms with Crippen LogP contribution in [0.15, 0.2) is 70.6 Å². The highest BCUT2D eigenvalue weighted by molar-refractivity contribution is 7.98. The van der Waals surface area contributed by atoms with Crippen LogP contribution in [0, 0.1) is 29.6 Å². The monoisotopic (exact) mass is 1670 g/mol. The average Bonchev–Trinajstić information content (AvgIpc) is 0.806. The zero-order chi connectivity index (χ0) is 88.3. The number of rotatable bonds is 56. The fourth-order valence-electron chi connectivity index (χ4n) is 12.3. The first-order chi connectivity index (χ1) is 55.1. The Hall–Kier alpha value is -10.7. The number of nitrogens with one attached hydrogen (secondary N) is 11. The van der Waals surface area contributed by atoms with Gasteiger partial charge in [0.2, 0.25) is 70.9 Å². The molecule has 0 bridgehead atoms. The van der Waals surface area contributed by atoms with E-state index in [9.17, 15) is 82.4 Å². The number of nitrogens with zero attached hydrogens (tertiary/aromatic N) is 3. The molecule has 0 aromatic heterocycles. The normalized spacial score (nSPS) is 15.3. The van der Waals surface area contributed by atoms with Crippen LogP contribution >= 0.6 is 11.8 Å². The van der Waals surface area contributed by atoms with E-state index < -0.39 is 205 Å². The fraction of sp³-hybridized carbons (Fsp3) is 0.628. The Morgan fingerprint density at radius 3 is 1.23 bits per heavy atom.